The molecule has 0 aromatic heterocycles. The number of hydrogen-bond acceptors (Lipinski definition) is 4. The first kappa shape index (κ1) is 34.4. The van der Waals surface area contributed by atoms with Crippen molar-refractivity contribution in [3.63, 3.8) is 0 Å². The van der Waals surface area contributed by atoms with E-state index in [4.69, 9.17) is 18.9 Å². The van der Waals surface area contributed by atoms with Gasteiger partial charge in [0.05, 0.1) is 33.9 Å². The fraction of sp³-hybridized carbons (Fsp3) is 0.378. The molecule has 6 rings (SSSR count). The van der Waals surface area contributed by atoms with Crippen LogP contribution in [0.5, 0.6) is 23.0 Å². The Morgan fingerprint density at radius 3 is 1.53 bits per heavy atom. The molecular weight excluding hydrogens is 604 g/mol. The maximum Gasteiger partial charge on any atom is 0.161 e. The van der Waals surface area contributed by atoms with E-state index in [0.29, 0.717) is 23.0 Å². The van der Waals surface area contributed by atoms with E-state index in [0.717, 1.165) is 17.5 Å². The van der Waals surface area contributed by atoms with Crippen molar-refractivity contribution < 1.29 is 18.9 Å². The molecule has 0 spiro atoms. The molecule has 0 saturated carbocycles. The molecule has 4 aromatic rings. The van der Waals surface area contributed by atoms with Crippen LogP contribution in [0.1, 0.15) is 91.6 Å². The standard InChI is InChI=1S/C45H52O4/c1-27-21-29-22-35-34(33(29)25-36(27)43(3,4)5)26-37(44(6,7)8)28(2)42(35)45(30-15-13-14-16-30,31-17-19-38(46-9)40(23-31)48-11)32-18-20-39(47-10)41(24-32)49-12/h13-21,23-26,30H,22H2,1-12H3. The second-order valence-electron chi connectivity index (χ2n) is 15.7. The summed E-state index contributed by atoms with van der Waals surface area (Å²) in [6.45, 7) is 18.6. The molecule has 4 nitrogen and oxygen atoms in total. The van der Waals surface area contributed by atoms with Gasteiger partial charge in [-0.25, -0.2) is 0 Å². The van der Waals surface area contributed by atoms with Gasteiger partial charge in [0.15, 0.2) is 23.0 Å². The highest BCUT2D eigenvalue weighted by Gasteiger charge is 2.48. The molecule has 256 valence electrons. The van der Waals surface area contributed by atoms with Gasteiger partial charge in [0.25, 0.3) is 0 Å². The third-order valence-corrected chi connectivity index (χ3v) is 10.7. The van der Waals surface area contributed by atoms with E-state index in [1.165, 1.54) is 50.1 Å². The van der Waals surface area contributed by atoms with E-state index in [2.05, 4.69) is 122 Å². The van der Waals surface area contributed by atoms with E-state index in [1.807, 2.05) is 12.1 Å². The monoisotopic (exact) mass is 656 g/mol. The molecule has 4 aromatic carbocycles. The zero-order valence-electron chi connectivity index (χ0n) is 31.4. The first-order valence-corrected chi connectivity index (χ1v) is 17.3. The molecular formula is C45H52O4. The summed E-state index contributed by atoms with van der Waals surface area (Å²) in [5.41, 5.74) is 13.7. The zero-order chi connectivity index (χ0) is 35.5. The van der Waals surface area contributed by atoms with E-state index in [-0.39, 0.29) is 16.7 Å². The molecule has 0 saturated heterocycles. The zero-order valence-corrected chi connectivity index (χ0v) is 31.4. The normalized spacial score (nSPS) is 14.2. The van der Waals surface area contributed by atoms with Gasteiger partial charge in [0, 0.05) is 5.92 Å². The van der Waals surface area contributed by atoms with Gasteiger partial charge >= 0.3 is 0 Å². The molecule has 0 aliphatic heterocycles. The van der Waals surface area contributed by atoms with Crippen LogP contribution in [0.25, 0.3) is 11.1 Å². The lowest BCUT2D eigenvalue weighted by Crippen LogP contribution is -2.38. The predicted octanol–water partition coefficient (Wildman–Crippen LogP) is 10.6. The van der Waals surface area contributed by atoms with E-state index >= 15 is 0 Å². The highest BCUT2D eigenvalue weighted by molar-refractivity contribution is 5.83. The topological polar surface area (TPSA) is 36.9 Å². The summed E-state index contributed by atoms with van der Waals surface area (Å²) in [6, 6.07) is 20.3. The highest BCUT2D eigenvalue weighted by Crippen LogP contribution is 2.57. The third kappa shape index (κ3) is 5.54. The van der Waals surface area contributed by atoms with Gasteiger partial charge in [-0.1, -0.05) is 96.2 Å². The molecule has 0 bridgehead atoms. The average molecular weight is 657 g/mol. The summed E-state index contributed by atoms with van der Waals surface area (Å²) in [7, 11) is 6.81. The fourth-order valence-electron chi connectivity index (χ4n) is 8.63. The molecule has 0 heterocycles. The summed E-state index contributed by atoms with van der Waals surface area (Å²) in [6.07, 6.45) is 9.90. The maximum absolute atomic E-state index is 5.99. The van der Waals surface area contributed by atoms with E-state index < -0.39 is 5.41 Å². The van der Waals surface area contributed by atoms with Gasteiger partial charge in [-0.3, -0.25) is 0 Å². The molecule has 0 amide bonds. The lowest BCUT2D eigenvalue weighted by atomic mass is 9.58. The molecule has 49 heavy (non-hydrogen) atoms. The smallest absolute Gasteiger partial charge is 0.161 e. The van der Waals surface area contributed by atoms with E-state index in [1.54, 1.807) is 28.4 Å². The van der Waals surface area contributed by atoms with Crippen molar-refractivity contribution in [1.82, 2.24) is 0 Å². The number of allylic oxidation sites excluding steroid dienone is 4. The van der Waals surface area contributed by atoms with Gasteiger partial charge in [0.1, 0.15) is 0 Å². The largest absolute Gasteiger partial charge is 0.493 e. The van der Waals surface area contributed by atoms with Gasteiger partial charge < -0.3 is 18.9 Å². The van der Waals surface area contributed by atoms with Crippen LogP contribution in [0.3, 0.4) is 0 Å². The fourth-order valence-corrected chi connectivity index (χ4v) is 8.63. The Labute approximate surface area is 293 Å². The number of ether oxygens (including phenoxy) is 4. The number of rotatable bonds is 8. The molecule has 4 heteroatoms. The van der Waals surface area contributed by atoms with Crippen molar-refractivity contribution in [2.24, 2.45) is 5.92 Å². The third-order valence-electron chi connectivity index (χ3n) is 10.7. The van der Waals surface area contributed by atoms with Gasteiger partial charge in [-0.2, -0.15) is 0 Å². The molecule has 0 unspecified atom stereocenters. The van der Waals surface area contributed by atoms with Crippen LogP contribution in [0, 0.1) is 19.8 Å². The number of aryl methyl sites for hydroxylation is 1. The summed E-state index contributed by atoms with van der Waals surface area (Å²) >= 11 is 0. The van der Waals surface area contributed by atoms with Crippen LogP contribution in [0.2, 0.25) is 0 Å². The van der Waals surface area contributed by atoms with Crippen molar-refractivity contribution in [3.8, 4) is 34.1 Å². The number of benzene rings is 4. The number of methoxy groups -OCH3 is 4. The highest BCUT2D eigenvalue weighted by atomic mass is 16.5. The van der Waals surface area contributed by atoms with E-state index in [9.17, 15) is 0 Å². The van der Waals surface area contributed by atoms with Gasteiger partial charge in [-0.15, -0.1) is 0 Å². The number of fused-ring (bicyclic) bond motifs is 3. The van der Waals surface area contributed by atoms with Crippen LogP contribution in [0.15, 0.2) is 78.9 Å². The average Bonchev–Trinajstić information content (AvgIpc) is 3.72. The molecule has 0 atom stereocenters. The molecule has 0 radical (unpaired) electrons. The van der Waals surface area contributed by atoms with Gasteiger partial charge in [0.2, 0.25) is 0 Å². The minimum atomic E-state index is -0.665. The Morgan fingerprint density at radius 2 is 1.06 bits per heavy atom. The lowest BCUT2D eigenvalue weighted by molar-refractivity contribution is 0.351. The first-order valence-electron chi connectivity index (χ1n) is 17.3. The maximum atomic E-state index is 5.99. The second kappa shape index (κ2) is 12.5. The van der Waals surface area contributed by atoms with Crippen molar-refractivity contribution in [2.75, 3.05) is 28.4 Å². The summed E-state index contributed by atoms with van der Waals surface area (Å²) < 4.78 is 23.5. The predicted molar refractivity (Wildman–Crippen MR) is 202 cm³/mol. The van der Waals surface area contributed by atoms with Gasteiger partial charge in [-0.05, 0) is 117 Å². The van der Waals surface area contributed by atoms with Crippen LogP contribution >= 0.6 is 0 Å². The Balaban J connectivity index is 1.83. The Morgan fingerprint density at radius 1 is 0.571 bits per heavy atom. The molecule has 0 fully saturated rings. The SMILES string of the molecule is COc1ccc(C(c2ccc(OC)c(OC)c2)(c2c(C)c(C(C)(C)C)cc3c2Cc2cc(C)c(C(C)(C)C)cc2-3)C2C=CC=C2)cc1OC. The van der Waals surface area contributed by atoms with Crippen LogP contribution in [-0.2, 0) is 22.7 Å². The quantitative estimate of drug-likeness (QED) is 0.156. The molecule has 2 aliphatic carbocycles. The Kier molecular flexibility index (Phi) is 8.76. The van der Waals surface area contributed by atoms with Crippen molar-refractivity contribution >= 4 is 0 Å². The molecule has 2 aliphatic rings. The summed E-state index contributed by atoms with van der Waals surface area (Å²) in [4.78, 5) is 0. The lowest BCUT2D eigenvalue weighted by Gasteiger charge is -2.43. The van der Waals surface area contributed by atoms with Crippen molar-refractivity contribution in [1.29, 1.82) is 0 Å². The Hall–Kier alpha value is -4.44. The van der Waals surface area contributed by atoms with Crippen molar-refractivity contribution in [3.05, 3.63) is 129 Å². The second-order valence-corrected chi connectivity index (χ2v) is 15.7. The minimum Gasteiger partial charge on any atom is -0.493 e. The molecule has 0 N–H and O–H groups in total. The number of hydrogen-bond donors (Lipinski definition) is 0. The van der Waals surface area contributed by atoms with Crippen molar-refractivity contribution in [2.45, 2.75) is 78.1 Å². The van der Waals surface area contributed by atoms with Crippen LogP contribution < -0.4 is 18.9 Å². The first-order chi connectivity index (χ1) is 23.2. The Bertz CT molecular complexity index is 1910. The summed E-state index contributed by atoms with van der Waals surface area (Å²) in [5.74, 6) is 2.80. The van der Waals surface area contributed by atoms with Crippen LogP contribution in [-0.4, -0.2) is 28.4 Å². The minimum absolute atomic E-state index is 0.00250. The van der Waals surface area contributed by atoms with Crippen LogP contribution in [0.4, 0.5) is 0 Å². The summed E-state index contributed by atoms with van der Waals surface area (Å²) in [5, 5.41) is 0.